The number of carboxylic acid groups (broad SMARTS) is 1. The second-order valence-corrected chi connectivity index (χ2v) is 4.50. The van der Waals surface area contributed by atoms with Crippen molar-refractivity contribution in [2.45, 2.75) is 24.7 Å². The molecule has 0 spiro atoms. The Morgan fingerprint density at radius 1 is 1.44 bits per heavy atom. The van der Waals surface area contributed by atoms with Crippen LogP contribution in [0.5, 0.6) is 0 Å². The molecular weight excluding hydrogens is 243 g/mol. The Kier molecular flexibility index (Phi) is 3.84. The van der Waals surface area contributed by atoms with Crippen molar-refractivity contribution in [2.24, 2.45) is 0 Å². The molecule has 5 N–H and O–H groups in total. The third-order valence-corrected chi connectivity index (χ3v) is 2.55. The Bertz CT molecular complexity index is 357. The highest BCUT2D eigenvalue weighted by Crippen LogP contribution is 2.41. The molecule has 3 atom stereocenters. The minimum atomic E-state index is -4.80. The van der Waals surface area contributed by atoms with Gasteiger partial charge in [-0.2, -0.15) is 0 Å². The molecule has 1 aliphatic rings. The highest BCUT2D eigenvalue weighted by Gasteiger charge is 2.39. The van der Waals surface area contributed by atoms with E-state index in [0.717, 1.165) is 6.08 Å². The van der Waals surface area contributed by atoms with Crippen molar-refractivity contribution < 1.29 is 39.0 Å². The molecule has 0 aromatic rings. The van der Waals surface area contributed by atoms with E-state index in [4.69, 9.17) is 14.9 Å². The van der Waals surface area contributed by atoms with Crippen molar-refractivity contribution in [3.8, 4) is 0 Å². The van der Waals surface area contributed by atoms with Gasteiger partial charge in [0.15, 0.2) is 0 Å². The van der Waals surface area contributed by atoms with Crippen LogP contribution in [0.2, 0.25) is 0 Å². The number of carbonyl (C=O) groups is 1. The van der Waals surface area contributed by atoms with Crippen LogP contribution in [0.1, 0.15) is 6.42 Å². The third-order valence-electron chi connectivity index (χ3n) is 2.03. The van der Waals surface area contributed by atoms with Gasteiger partial charge in [0.1, 0.15) is 18.3 Å². The Labute approximate surface area is 90.0 Å². The van der Waals surface area contributed by atoms with Crippen LogP contribution in [0.15, 0.2) is 11.6 Å². The van der Waals surface area contributed by atoms with Crippen LogP contribution in [0.4, 0.5) is 0 Å². The number of phosphoric ester groups is 1. The van der Waals surface area contributed by atoms with E-state index in [1.165, 1.54) is 0 Å². The fourth-order valence-corrected chi connectivity index (χ4v) is 1.90. The Morgan fingerprint density at radius 2 is 2.00 bits per heavy atom. The molecule has 1 aliphatic carbocycles. The number of carboxylic acids is 1. The number of aliphatic hydroxyl groups excluding tert-OH is 2. The molecule has 8 nitrogen and oxygen atoms in total. The molecule has 1 rings (SSSR count). The van der Waals surface area contributed by atoms with E-state index in [9.17, 15) is 19.6 Å². The minimum Gasteiger partial charge on any atom is -0.481 e. The molecule has 92 valence electrons. The van der Waals surface area contributed by atoms with E-state index in [-0.39, 0.29) is 5.57 Å². The van der Waals surface area contributed by atoms with Crippen LogP contribution < -0.4 is 0 Å². The van der Waals surface area contributed by atoms with Gasteiger partial charge < -0.3 is 25.1 Å². The van der Waals surface area contributed by atoms with Gasteiger partial charge in [-0.3, -0.25) is 9.32 Å². The minimum absolute atomic E-state index is 0.0431. The third kappa shape index (κ3) is 3.38. The number of rotatable bonds is 4. The maximum Gasteiger partial charge on any atom is 0.470 e. The largest absolute Gasteiger partial charge is 0.481 e. The average molecular weight is 254 g/mol. The van der Waals surface area contributed by atoms with Crippen molar-refractivity contribution >= 4 is 13.8 Å². The molecule has 16 heavy (non-hydrogen) atoms. The lowest BCUT2D eigenvalue weighted by molar-refractivity contribution is -0.136. The number of hydrogen-bond acceptors (Lipinski definition) is 5. The smallest absolute Gasteiger partial charge is 0.470 e. The van der Waals surface area contributed by atoms with E-state index < -0.39 is 38.5 Å². The summed E-state index contributed by atoms with van der Waals surface area (Å²) in [5, 5.41) is 27.2. The fraction of sp³-hybridized carbons (Fsp3) is 0.571. The van der Waals surface area contributed by atoms with Crippen LogP contribution >= 0.6 is 7.82 Å². The molecule has 0 radical (unpaired) electrons. The summed E-state index contributed by atoms with van der Waals surface area (Å²) >= 11 is 0. The fourth-order valence-electron chi connectivity index (χ4n) is 1.40. The number of phosphoric acid groups is 1. The van der Waals surface area contributed by atoms with Gasteiger partial charge in [0, 0.05) is 0 Å². The van der Waals surface area contributed by atoms with Gasteiger partial charge in [0.25, 0.3) is 0 Å². The van der Waals surface area contributed by atoms with Crippen molar-refractivity contribution in [3.63, 3.8) is 0 Å². The van der Waals surface area contributed by atoms with Crippen LogP contribution in [0.25, 0.3) is 0 Å². The number of hydrogen-bond donors (Lipinski definition) is 5. The van der Waals surface area contributed by atoms with Gasteiger partial charge in [0.05, 0.1) is 6.42 Å². The van der Waals surface area contributed by atoms with E-state index in [2.05, 4.69) is 4.52 Å². The van der Waals surface area contributed by atoms with Gasteiger partial charge in [-0.15, -0.1) is 0 Å². The lowest BCUT2D eigenvalue weighted by Gasteiger charge is -2.17. The van der Waals surface area contributed by atoms with Crippen molar-refractivity contribution in [2.75, 3.05) is 0 Å². The Balaban J connectivity index is 2.77. The molecule has 0 aromatic carbocycles. The maximum atomic E-state index is 10.5. The molecular formula is C7H11O8P. The summed E-state index contributed by atoms with van der Waals surface area (Å²) in [6, 6.07) is 0. The molecule has 0 bridgehead atoms. The Morgan fingerprint density at radius 3 is 2.44 bits per heavy atom. The Hall–Kier alpha value is -0.760. The molecule has 0 saturated heterocycles. The van der Waals surface area contributed by atoms with Crippen LogP contribution in [0.3, 0.4) is 0 Å². The first-order valence-corrected chi connectivity index (χ1v) is 5.76. The zero-order chi connectivity index (χ0) is 12.5. The van der Waals surface area contributed by atoms with Crippen LogP contribution in [0, 0.1) is 0 Å². The van der Waals surface area contributed by atoms with Gasteiger partial charge in [-0.25, -0.2) is 4.57 Å². The molecule has 9 heteroatoms. The predicted octanol–water partition coefficient (Wildman–Crippen LogP) is -1.40. The van der Waals surface area contributed by atoms with Crippen molar-refractivity contribution in [3.05, 3.63) is 11.6 Å². The topological polar surface area (TPSA) is 145 Å². The molecule has 0 heterocycles. The van der Waals surface area contributed by atoms with Crippen molar-refractivity contribution in [1.82, 2.24) is 0 Å². The van der Waals surface area contributed by atoms with Crippen LogP contribution in [-0.4, -0.2) is 49.4 Å². The highest BCUT2D eigenvalue weighted by atomic mass is 31.2. The van der Waals surface area contributed by atoms with E-state index in [1.54, 1.807) is 0 Å². The lowest BCUT2D eigenvalue weighted by Crippen LogP contribution is -2.32. The van der Waals surface area contributed by atoms with Gasteiger partial charge in [0.2, 0.25) is 0 Å². The lowest BCUT2D eigenvalue weighted by atomic mass is 10.1. The summed E-state index contributed by atoms with van der Waals surface area (Å²) in [4.78, 5) is 27.4. The van der Waals surface area contributed by atoms with E-state index in [0.29, 0.717) is 0 Å². The summed E-state index contributed by atoms with van der Waals surface area (Å²) in [7, 11) is -4.80. The zero-order valence-electron chi connectivity index (χ0n) is 7.92. The van der Waals surface area contributed by atoms with E-state index >= 15 is 0 Å². The molecule has 0 amide bonds. The predicted molar refractivity (Wildman–Crippen MR) is 49.3 cm³/mol. The first-order chi connectivity index (χ1) is 7.20. The molecule has 0 saturated carbocycles. The van der Waals surface area contributed by atoms with E-state index in [1.807, 2.05) is 0 Å². The van der Waals surface area contributed by atoms with Crippen molar-refractivity contribution in [1.29, 1.82) is 0 Å². The summed E-state index contributed by atoms with van der Waals surface area (Å²) in [5.41, 5.74) is -0.0431. The first-order valence-electron chi connectivity index (χ1n) is 4.23. The maximum absolute atomic E-state index is 10.5. The summed E-state index contributed by atoms with van der Waals surface area (Å²) < 4.78 is 14.7. The number of aliphatic carboxylic acids is 1. The first kappa shape index (κ1) is 13.3. The molecule has 0 unspecified atom stereocenters. The SMILES string of the molecule is O=C(O)CC1=C[C@@H](OP(=O)(O)O)[C@@H](O)[C@@H]1O. The van der Waals surface area contributed by atoms with Crippen LogP contribution in [-0.2, 0) is 13.9 Å². The van der Waals surface area contributed by atoms with Gasteiger partial charge >= 0.3 is 13.8 Å². The quantitative estimate of drug-likeness (QED) is 0.304. The standard InChI is InChI=1S/C7H11O8P/c8-5(9)2-3-1-4(7(11)6(3)10)15-16(12,13)14/h1,4,6-7,10-11H,2H2,(H,8,9)(H2,12,13,14)/t4-,6-,7-/m1/s1. The molecule has 0 aliphatic heterocycles. The summed E-state index contributed by atoms with van der Waals surface area (Å²) in [5.74, 6) is -1.23. The number of aliphatic hydroxyl groups is 2. The monoisotopic (exact) mass is 254 g/mol. The summed E-state index contributed by atoms with van der Waals surface area (Å²) in [6.45, 7) is 0. The molecule has 0 fully saturated rings. The van der Waals surface area contributed by atoms with Gasteiger partial charge in [-0.1, -0.05) is 6.08 Å². The second kappa shape index (κ2) is 4.62. The summed E-state index contributed by atoms with van der Waals surface area (Å²) in [6.07, 6.45) is -4.01. The average Bonchev–Trinajstić information content (AvgIpc) is 2.30. The highest BCUT2D eigenvalue weighted by molar-refractivity contribution is 7.46. The molecule has 0 aromatic heterocycles. The normalized spacial score (nSPS) is 30.2. The zero-order valence-corrected chi connectivity index (χ0v) is 8.82. The second-order valence-electron chi connectivity index (χ2n) is 3.31. The van der Waals surface area contributed by atoms with Gasteiger partial charge in [-0.05, 0) is 5.57 Å².